The van der Waals surface area contributed by atoms with Crippen molar-refractivity contribution >= 4 is 21.8 Å². The van der Waals surface area contributed by atoms with Crippen LogP contribution in [0.2, 0.25) is 0 Å². The monoisotopic (exact) mass is 277 g/mol. The zero-order valence-electron chi connectivity index (χ0n) is 11.4. The number of fused-ring (bicyclic) bond motifs is 3. The van der Waals surface area contributed by atoms with Crippen molar-refractivity contribution in [1.29, 1.82) is 0 Å². The molecule has 21 heavy (non-hydrogen) atoms. The van der Waals surface area contributed by atoms with Crippen molar-refractivity contribution in [3.63, 3.8) is 0 Å². The summed E-state index contributed by atoms with van der Waals surface area (Å²) in [6.07, 6.45) is 1.68. The molecule has 0 aliphatic heterocycles. The smallest absolute Gasteiger partial charge is 0.149 e. The number of H-pyrrole nitrogens is 1. The number of hydrogen-bond acceptors (Lipinski definition) is 2. The van der Waals surface area contributed by atoms with E-state index in [1.165, 1.54) is 11.6 Å². The number of halogens is 1. The van der Waals surface area contributed by atoms with E-state index < -0.39 is 0 Å². The first kappa shape index (κ1) is 12.0. The minimum absolute atomic E-state index is 0.319. The minimum Gasteiger partial charge on any atom is -0.276 e. The second-order valence-corrected chi connectivity index (χ2v) is 5.12. The molecule has 0 radical (unpaired) electrons. The summed E-state index contributed by atoms with van der Waals surface area (Å²) in [5.74, 6) is -0.319. The lowest BCUT2D eigenvalue weighted by atomic mass is 10.1. The molecule has 0 saturated carbocycles. The average Bonchev–Trinajstić information content (AvgIpc) is 2.93. The molecule has 0 unspecified atom stereocenters. The van der Waals surface area contributed by atoms with Crippen molar-refractivity contribution in [3.8, 4) is 11.3 Å². The van der Waals surface area contributed by atoms with Crippen LogP contribution in [-0.4, -0.2) is 15.2 Å². The highest BCUT2D eigenvalue weighted by Gasteiger charge is 2.12. The molecule has 0 aliphatic rings. The van der Waals surface area contributed by atoms with E-state index >= 15 is 0 Å². The highest BCUT2D eigenvalue weighted by atomic mass is 19.1. The van der Waals surface area contributed by atoms with Crippen molar-refractivity contribution in [1.82, 2.24) is 15.2 Å². The molecular weight excluding hydrogens is 265 g/mol. The van der Waals surface area contributed by atoms with Crippen molar-refractivity contribution < 1.29 is 4.39 Å². The predicted octanol–water partition coefficient (Wildman–Crippen LogP) is 4.23. The van der Waals surface area contributed by atoms with Gasteiger partial charge in [-0.1, -0.05) is 42.0 Å². The summed E-state index contributed by atoms with van der Waals surface area (Å²) in [6.45, 7) is 2.05. The Hall–Kier alpha value is -2.75. The molecule has 0 spiro atoms. The van der Waals surface area contributed by atoms with Gasteiger partial charge in [0.15, 0.2) is 0 Å². The summed E-state index contributed by atoms with van der Waals surface area (Å²) in [5, 5.41) is 9.05. The van der Waals surface area contributed by atoms with Gasteiger partial charge in [-0.15, -0.1) is 0 Å². The third kappa shape index (κ3) is 1.80. The first-order valence-corrected chi connectivity index (χ1v) is 6.72. The summed E-state index contributed by atoms with van der Waals surface area (Å²) in [6, 6.07) is 13.1. The Morgan fingerprint density at radius 2 is 1.81 bits per heavy atom. The standard InChI is InChI=1S/C17H12FN3/c1-10-5-7-11(8-6-10)15-13-9-19-17-12(16(13)21-20-15)3-2-4-14(17)18/h2-9H,1H3,(H,20,21). The largest absolute Gasteiger partial charge is 0.276 e. The highest BCUT2D eigenvalue weighted by Crippen LogP contribution is 2.30. The SMILES string of the molecule is Cc1ccc(-c2n[nH]c3c2cnc2c(F)cccc23)cc1. The number of aromatic amines is 1. The van der Waals surface area contributed by atoms with Crippen LogP contribution in [0.5, 0.6) is 0 Å². The van der Waals surface area contributed by atoms with E-state index in [1.54, 1.807) is 12.3 Å². The first-order valence-electron chi connectivity index (χ1n) is 6.72. The average molecular weight is 277 g/mol. The number of pyridine rings is 1. The van der Waals surface area contributed by atoms with Gasteiger partial charge in [0.2, 0.25) is 0 Å². The molecule has 0 aliphatic carbocycles. The highest BCUT2D eigenvalue weighted by molar-refractivity contribution is 6.07. The van der Waals surface area contributed by atoms with Crippen LogP contribution in [-0.2, 0) is 0 Å². The number of para-hydroxylation sites is 1. The van der Waals surface area contributed by atoms with Crippen molar-refractivity contribution in [2.75, 3.05) is 0 Å². The summed E-state index contributed by atoms with van der Waals surface area (Å²) in [7, 11) is 0. The topological polar surface area (TPSA) is 41.6 Å². The molecule has 2 aromatic carbocycles. The van der Waals surface area contributed by atoms with Crippen LogP contribution in [0, 0.1) is 12.7 Å². The maximum Gasteiger partial charge on any atom is 0.149 e. The van der Waals surface area contributed by atoms with Gasteiger partial charge in [-0.3, -0.25) is 10.1 Å². The van der Waals surface area contributed by atoms with E-state index in [4.69, 9.17) is 0 Å². The number of nitrogens with zero attached hydrogens (tertiary/aromatic N) is 2. The summed E-state index contributed by atoms with van der Waals surface area (Å²) in [4.78, 5) is 4.25. The van der Waals surface area contributed by atoms with Crippen LogP contribution in [0.15, 0.2) is 48.7 Å². The van der Waals surface area contributed by atoms with Gasteiger partial charge in [-0.25, -0.2) is 4.39 Å². The summed E-state index contributed by atoms with van der Waals surface area (Å²) < 4.78 is 13.8. The summed E-state index contributed by atoms with van der Waals surface area (Å²) >= 11 is 0. The van der Waals surface area contributed by atoms with Crippen molar-refractivity contribution in [2.24, 2.45) is 0 Å². The molecule has 1 N–H and O–H groups in total. The fourth-order valence-corrected chi connectivity index (χ4v) is 2.59. The zero-order valence-corrected chi connectivity index (χ0v) is 11.4. The Bertz CT molecular complexity index is 955. The van der Waals surface area contributed by atoms with Crippen LogP contribution < -0.4 is 0 Å². The van der Waals surface area contributed by atoms with Crippen LogP contribution in [0.3, 0.4) is 0 Å². The van der Waals surface area contributed by atoms with Crippen molar-refractivity contribution in [2.45, 2.75) is 6.92 Å². The van der Waals surface area contributed by atoms with Gasteiger partial charge < -0.3 is 0 Å². The fourth-order valence-electron chi connectivity index (χ4n) is 2.59. The Morgan fingerprint density at radius 1 is 1.00 bits per heavy atom. The number of benzene rings is 2. The molecule has 4 heteroatoms. The molecule has 0 saturated heterocycles. The van der Waals surface area contributed by atoms with Gasteiger partial charge in [0.1, 0.15) is 17.0 Å². The van der Waals surface area contributed by atoms with E-state index in [0.717, 1.165) is 27.5 Å². The lowest BCUT2D eigenvalue weighted by Crippen LogP contribution is -1.85. The Labute approximate surface area is 120 Å². The third-order valence-corrected chi connectivity index (χ3v) is 3.71. The maximum atomic E-state index is 13.8. The van der Waals surface area contributed by atoms with Crippen molar-refractivity contribution in [3.05, 3.63) is 60.0 Å². The van der Waals surface area contributed by atoms with E-state index in [1.807, 2.05) is 37.3 Å². The van der Waals surface area contributed by atoms with Gasteiger partial charge in [-0.05, 0) is 13.0 Å². The molecule has 4 aromatic rings. The van der Waals surface area contributed by atoms with Gasteiger partial charge >= 0.3 is 0 Å². The van der Waals surface area contributed by atoms with Gasteiger partial charge in [0.25, 0.3) is 0 Å². The fraction of sp³-hybridized carbons (Fsp3) is 0.0588. The molecule has 0 atom stereocenters. The van der Waals surface area contributed by atoms with E-state index in [9.17, 15) is 4.39 Å². The normalized spacial score (nSPS) is 11.3. The predicted molar refractivity (Wildman–Crippen MR) is 81.5 cm³/mol. The molecule has 0 bridgehead atoms. The first-order chi connectivity index (χ1) is 10.2. The van der Waals surface area contributed by atoms with Crippen LogP contribution >= 0.6 is 0 Å². The number of hydrogen-bond donors (Lipinski definition) is 1. The third-order valence-electron chi connectivity index (χ3n) is 3.71. The van der Waals surface area contributed by atoms with Gasteiger partial charge in [0, 0.05) is 22.5 Å². The number of nitrogens with one attached hydrogen (secondary N) is 1. The van der Waals surface area contributed by atoms with Crippen LogP contribution in [0.1, 0.15) is 5.56 Å². The lowest BCUT2D eigenvalue weighted by Gasteiger charge is -2.01. The van der Waals surface area contributed by atoms with Crippen LogP contribution in [0.25, 0.3) is 33.1 Å². The van der Waals surface area contributed by atoms with Gasteiger partial charge in [-0.2, -0.15) is 5.10 Å². The van der Waals surface area contributed by atoms with E-state index in [2.05, 4.69) is 15.2 Å². The Morgan fingerprint density at radius 3 is 2.62 bits per heavy atom. The number of aromatic nitrogens is 3. The zero-order chi connectivity index (χ0) is 14.4. The molecule has 3 nitrogen and oxygen atoms in total. The quantitative estimate of drug-likeness (QED) is 0.566. The molecular formula is C17H12FN3. The number of rotatable bonds is 1. The molecule has 2 aromatic heterocycles. The minimum atomic E-state index is -0.319. The van der Waals surface area contributed by atoms with Gasteiger partial charge in [0.05, 0.1) is 5.52 Å². The Kier molecular flexibility index (Phi) is 2.51. The summed E-state index contributed by atoms with van der Waals surface area (Å²) in [5.41, 5.74) is 4.23. The Balaban J connectivity index is 2.03. The van der Waals surface area contributed by atoms with E-state index in [-0.39, 0.29) is 5.82 Å². The molecule has 2 heterocycles. The lowest BCUT2D eigenvalue weighted by molar-refractivity contribution is 0.637. The molecule has 0 fully saturated rings. The second-order valence-electron chi connectivity index (χ2n) is 5.12. The second kappa shape index (κ2) is 4.38. The number of aryl methyl sites for hydroxylation is 1. The van der Waals surface area contributed by atoms with Crippen LogP contribution in [0.4, 0.5) is 4.39 Å². The van der Waals surface area contributed by atoms with E-state index in [0.29, 0.717) is 5.52 Å². The molecule has 0 amide bonds. The maximum absolute atomic E-state index is 13.8. The molecule has 4 rings (SSSR count). The molecule has 102 valence electrons.